The van der Waals surface area contributed by atoms with Gasteiger partial charge >= 0.3 is 37.1 Å². The predicted octanol–water partition coefficient (Wildman–Crippen LogP) is 1.15. The Hall–Kier alpha value is -0.381. The minimum absolute atomic E-state index is 0. The first-order valence-electron chi connectivity index (χ1n) is 4.92. The molecule has 0 aliphatic heterocycles. The second-order valence-corrected chi connectivity index (χ2v) is 3.72. The largest absolute Gasteiger partial charge is 0.328 e. The van der Waals surface area contributed by atoms with Gasteiger partial charge in [0.2, 0.25) is 0 Å². The maximum Gasteiger partial charge on any atom is 0.324 e. The topological polar surface area (TPSA) is 374 Å². The monoisotopic (exact) mass is 458 g/mol. The molecule has 0 bridgehead atoms. The molecule has 0 saturated heterocycles. The SMILES string of the molecule is CCCCCCCC(=O)O.N.N.N.N.N.N.O.O=[Se]=O.OP(O)O. The van der Waals surface area contributed by atoms with Gasteiger partial charge < -0.3 is 62.2 Å². The molecule has 0 aromatic carbocycles. The van der Waals surface area contributed by atoms with Crippen molar-refractivity contribution in [3.05, 3.63) is 0 Å². The van der Waals surface area contributed by atoms with E-state index in [0.717, 1.165) is 12.8 Å². The van der Waals surface area contributed by atoms with E-state index in [4.69, 9.17) is 27.5 Å². The Morgan fingerprint density at radius 1 is 0.833 bits per heavy atom. The average molecular weight is 457 g/mol. The molecule has 0 aliphatic carbocycles. The molecule has 0 fully saturated rings. The molecular formula is C8H39N6O8PSe. The van der Waals surface area contributed by atoms with Crippen LogP contribution in [0.1, 0.15) is 45.4 Å². The van der Waals surface area contributed by atoms with E-state index in [9.17, 15) is 4.79 Å². The van der Waals surface area contributed by atoms with Crippen LogP contribution in [0.15, 0.2) is 0 Å². The molecule has 0 aromatic rings. The molecule has 0 amide bonds. The predicted molar refractivity (Wildman–Crippen MR) is 95.5 cm³/mol. The van der Waals surface area contributed by atoms with Crippen LogP contribution in [0.2, 0.25) is 0 Å². The van der Waals surface area contributed by atoms with Crippen LogP contribution >= 0.6 is 8.60 Å². The fraction of sp³-hybridized carbons (Fsp3) is 0.875. The molecule has 0 saturated carbocycles. The molecule has 0 heterocycles. The Labute approximate surface area is 150 Å². The number of carboxylic acid groups (broad SMARTS) is 1. The van der Waals surface area contributed by atoms with Gasteiger partial charge in [-0.25, -0.2) is 0 Å². The van der Waals surface area contributed by atoms with Gasteiger partial charge in [-0.2, -0.15) is 0 Å². The van der Waals surface area contributed by atoms with Crippen molar-refractivity contribution in [2.45, 2.75) is 45.4 Å². The van der Waals surface area contributed by atoms with E-state index in [-0.39, 0.29) is 42.4 Å². The zero-order chi connectivity index (χ0) is 14.1. The van der Waals surface area contributed by atoms with Gasteiger partial charge in [-0.05, 0) is 6.42 Å². The molecule has 0 atom stereocenters. The summed E-state index contributed by atoms with van der Waals surface area (Å²) in [6.45, 7) is 2.15. The second kappa shape index (κ2) is 66.4. The van der Waals surface area contributed by atoms with E-state index in [2.05, 4.69) is 6.92 Å². The molecule has 0 radical (unpaired) electrons. The van der Waals surface area contributed by atoms with Crippen LogP contribution in [0, 0.1) is 0 Å². The molecule has 16 heteroatoms. The van der Waals surface area contributed by atoms with Gasteiger partial charge in [-0.3, -0.25) is 4.79 Å². The van der Waals surface area contributed by atoms with Gasteiger partial charge in [0.1, 0.15) is 0 Å². The number of carbonyl (C=O) groups is 1. The quantitative estimate of drug-likeness (QED) is 0.152. The molecule has 24 heavy (non-hydrogen) atoms. The Bertz CT molecular complexity index is 212. The summed E-state index contributed by atoms with van der Waals surface area (Å²) in [6, 6.07) is 0. The van der Waals surface area contributed by atoms with Crippen molar-refractivity contribution in [1.82, 2.24) is 36.9 Å². The van der Waals surface area contributed by atoms with Crippen LogP contribution < -0.4 is 36.9 Å². The zero-order valence-electron chi connectivity index (χ0n) is 14.4. The van der Waals surface area contributed by atoms with Gasteiger partial charge in [0.25, 0.3) is 0 Å². The van der Waals surface area contributed by atoms with Crippen LogP contribution in [-0.4, -0.2) is 46.1 Å². The Kier molecular flexibility index (Phi) is 180. The van der Waals surface area contributed by atoms with Gasteiger partial charge in [-0.15, -0.1) is 0 Å². The molecule has 0 rings (SSSR count). The molecule has 14 nitrogen and oxygen atoms in total. The number of unbranched alkanes of at least 4 members (excludes halogenated alkanes) is 4. The van der Waals surface area contributed by atoms with Gasteiger partial charge in [-0.1, -0.05) is 32.6 Å². The van der Waals surface area contributed by atoms with Crippen molar-refractivity contribution < 1.29 is 37.7 Å². The molecule has 0 spiro atoms. The van der Waals surface area contributed by atoms with E-state index in [1.54, 1.807) is 0 Å². The van der Waals surface area contributed by atoms with Crippen LogP contribution in [0.4, 0.5) is 0 Å². The summed E-state index contributed by atoms with van der Waals surface area (Å²) in [4.78, 5) is 31.7. The molecule has 0 aromatic heterocycles. The first-order valence-corrected chi connectivity index (χ1v) is 7.52. The van der Waals surface area contributed by atoms with Crippen molar-refractivity contribution >= 4 is 29.4 Å². The number of aliphatic carboxylic acids is 1. The summed E-state index contributed by atoms with van der Waals surface area (Å²) in [7, 11) is -2.62. The minimum atomic E-state index is -2.62. The number of hydrogen-bond donors (Lipinski definition) is 10. The van der Waals surface area contributed by atoms with Crippen molar-refractivity contribution in [2.75, 3.05) is 0 Å². The Morgan fingerprint density at radius 3 is 1.29 bits per heavy atom. The number of carboxylic acids is 1. The van der Waals surface area contributed by atoms with E-state index < -0.39 is 29.4 Å². The van der Waals surface area contributed by atoms with Gasteiger partial charge in [0.05, 0.1) is 0 Å². The summed E-state index contributed by atoms with van der Waals surface area (Å²) in [6.07, 6.45) is 5.88. The minimum Gasteiger partial charge on any atom is -0.328 e. The molecule has 24 N–H and O–H groups in total. The summed E-state index contributed by atoms with van der Waals surface area (Å²) in [5, 5.41) is 8.27. The number of rotatable bonds is 6. The van der Waals surface area contributed by atoms with Crippen LogP contribution in [-0.2, 0) is 12.5 Å². The van der Waals surface area contributed by atoms with E-state index in [0.29, 0.717) is 6.42 Å². The smallest absolute Gasteiger partial charge is 0.324 e. The average Bonchev–Trinajstić information content (AvgIpc) is 2.17. The first-order chi connectivity index (χ1) is 7.92. The fourth-order valence-electron chi connectivity index (χ4n) is 0.880. The molecule has 0 unspecified atom stereocenters. The summed E-state index contributed by atoms with van der Waals surface area (Å²) in [5.41, 5.74) is 0. The van der Waals surface area contributed by atoms with E-state index in [1.807, 2.05) is 0 Å². The summed E-state index contributed by atoms with van der Waals surface area (Å²) < 4.78 is 16.9. The third kappa shape index (κ3) is 210. The van der Waals surface area contributed by atoms with Crippen molar-refractivity contribution in [1.29, 1.82) is 0 Å². The Morgan fingerprint density at radius 2 is 1.08 bits per heavy atom. The molecular weight excluding hydrogens is 418 g/mol. The normalized spacial score (nSPS) is 6.04. The maximum atomic E-state index is 10.0. The fourth-order valence-corrected chi connectivity index (χ4v) is 0.880. The van der Waals surface area contributed by atoms with Crippen LogP contribution in [0.5, 0.6) is 0 Å². The number of hydrogen-bond acceptors (Lipinski definition) is 12. The molecule has 0 aliphatic rings. The standard InChI is InChI=1S/C8H16O2.6H3N.H3O3P.O2Se.H2O/c1-2-3-4-5-6-7-8(9)10;;;;;;;1-4(2)3;1-3-2;/h2-7H2,1H3,(H,9,10);6*1H3;1-3H;;1H2. The first kappa shape index (κ1) is 65.2. The third-order valence-corrected chi connectivity index (χ3v) is 1.49. The third-order valence-electron chi connectivity index (χ3n) is 1.49. The maximum absolute atomic E-state index is 10.0. The summed E-state index contributed by atoms with van der Waals surface area (Å²) >= 11 is -1.62. The van der Waals surface area contributed by atoms with Gasteiger partial charge in [0.15, 0.2) is 0 Å². The van der Waals surface area contributed by atoms with Crippen LogP contribution in [0.25, 0.3) is 0 Å². The van der Waals surface area contributed by atoms with Crippen molar-refractivity contribution in [3.63, 3.8) is 0 Å². The van der Waals surface area contributed by atoms with Crippen molar-refractivity contribution in [2.24, 2.45) is 0 Å². The molecule has 160 valence electrons. The van der Waals surface area contributed by atoms with Crippen molar-refractivity contribution in [3.8, 4) is 0 Å². The van der Waals surface area contributed by atoms with Crippen LogP contribution in [0.3, 0.4) is 0 Å². The Balaban J connectivity index is -0.0000000155. The zero-order valence-corrected chi connectivity index (χ0v) is 17.0. The van der Waals surface area contributed by atoms with E-state index >= 15 is 0 Å². The van der Waals surface area contributed by atoms with E-state index in [1.165, 1.54) is 19.3 Å². The summed E-state index contributed by atoms with van der Waals surface area (Å²) in [5.74, 6) is -0.670. The second-order valence-electron chi connectivity index (χ2n) is 2.89. The van der Waals surface area contributed by atoms with Gasteiger partial charge in [0, 0.05) is 6.42 Å².